The summed E-state index contributed by atoms with van der Waals surface area (Å²) in [6.07, 6.45) is 0. The molecule has 0 unspecified atom stereocenters. The molecule has 0 heterocycles. The molecule has 1 N–H and O–H groups in total. The summed E-state index contributed by atoms with van der Waals surface area (Å²) >= 11 is 0. The lowest BCUT2D eigenvalue weighted by Crippen LogP contribution is -2.09. The highest BCUT2D eigenvalue weighted by Gasteiger charge is 2.24. The minimum atomic E-state index is -3.27. The van der Waals surface area contributed by atoms with E-state index in [-0.39, 0.29) is 11.1 Å². The summed E-state index contributed by atoms with van der Waals surface area (Å²) in [6, 6.07) is 1.78. The van der Waals surface area contributed by atoms with Crippen molar-refractivity contribution in [3.05, 3.63) is 33.4 Å². The van der Waals surface area contributed by atoms with Crippen LogP contribution in [0.15, 0.2) is 12.1 Å². The number of carboxylic acids is 1. The predicted octanol–water partition coefficient (Wildman–Crippen LogP) is 2.20. The van der Waals surface area contributed by atoms with Gasteiger partial charge in [0, 0.05) is 11.6 Å². The molecule has 0 aliphatic carbocycles. The molecular weight excluding hydrogens is 240 g/mol. The largest absolute Gasteiger partial charge is 0.478 e. The Bertz CT molecular complexity index is 475. The van der Waals surface area contributed by atoms with Crippen molar-refractivity contribution in [3.63, 3.8) is 0 Å². The van der Waals surface area contributed by atoms with Crippen molar-refractivity contribution in [1.29, 1.82) is 0 Å². The minimum absolute atomic E-state index is 0.216. The van der Waals surface area contributed by atoms with Crippen molar-refractivity contribution in [2.45, 2.75) is 13.5 Å². The third-order valence-corrected chi connectivity index (χ3v) is 2.02. The average Bonchev–Trinajstić information content (AvgIpc) is 2.19. The molecule has 17 heavy (non-hydrogen) atoms. The average molecular weight is 247 g/mol. The normalized spacial score (nSPS) is 10.4. The van der Waals surface area contributed by atoms with E-state index in [9.17, 15) is 23.7 Å². The van der Waals surface area contributed by atoms with Gasteiger partial charge in [-0.1, -0.05) is 0 Å². The van der Waals surface area contributed by atoms with E-state index in [1.54, 1.807) is 0 Å². The SMILES string of the molecule is Cc1c(C(=O)O)ccc([N+](=O)[O-])c1OC(F)F. The molecule has 0 aliphatic rings. The maximum absolute atomic E-state index is 12.1. The number of alkyl halides is 2. The number of nitro benzene ring substituents is 1. The van der Waals surface area contributed by atoms with E-state index in [1.165, 1.54) is 0 Å². The summed E-state index contributed by atoms with van der Waals surface area (Å²) in [7, 11) is 0. The Morgan fingerprint density at radius 2 is 2.12 bits per heavy atom. The van der Waals surface area contributed by atoms with Gasteiger partial charge in [-0.25, -0.2) is 4.79 Å². The molecule has 0 aromatic heterocycles. The second-order valence-electron chi connectivity index (χ2n) is 3.03. The Balaban J connectivity index is 3.41. The zero-order valence-corrected chi connectivity index (χ0v) is 8.52. The van der Waals surface area contributed by atoms with Gasteiger partial charge in [0.1, 0.15) is 0 Å². The van der Waals surface area contributed by atoms with E-state index < -0.39 is 28.9 Å². The Labute approximate surface area is 93.6 Å². The third-order valence-electron chi connectivity index (χ3n) is 2.02. The van der Waals surface area contributed by atoms with E-state index in [2.05, 4.69) is 4.74 Å². The zero-order chi connectivity index (χ0) is 13.2. The van der Waals surface area contributed by atoms with Crippen molar-refractivity contribution in [3.8, 4) is 5.75 Å². The van der Waals surface area contributed by atoms with E-state index in [0.29, 0.717) is 0 Å². The Morgan fingerprint density at radius 3 is 2.53 bits per heavy atom. The van der Waals surface area contributed by atoms with E-state index in [1.807, 2.05) is 0 Å². The Hall–Kier alpha value is -2.25. The molecule has 1 aromatic rings. The van der Waals surface area contributed by atoms with Gasteiger partial charge in [0.05, 0.1) is 10.5 Å². The monoisotopic (exact) mass is 247 g/mol. The fraction of sp³-hybridized carbons (Fsp3) is 0.222. The number of rotatable bonds is 4. The molecular formula is C9H7F2NO5. The van der Waals surface area contributed by atoms with Gasteiger partial charge in [0.2, 0.25) is 5.75 Å². The number of hydrogen-bond acceptors (Lipinski definition) is 4. The predicted molar refractivity (Wildman–Crippen MR) is 51.4 cm³/mol. The van der Waals surface area contributed by atoms with Gasteiger partial charge < -0.3 is 9.84 Å². The first-order valence-corrected chi connectivity index (χ1v) is 4.30. The molecule has 0 amide bonds. The van der Waals surface area contributed by atoms with Crippen LogP contribution in [0, 0.1) is 17.0 Å². The maximum Gasteiger partial charge on any atom is 0.387 e. The number of nitro groups is 1. The first-order valence-electron chi connectivity index (χ1n) is 4.30. The van der Waals surface area contributed by atoms with Crippen LogP contribution in [0.1, 0.15) is 15.9 Å². The minimum Gasteiger partial charge on any atom is -0.478 e. The van der Waals surface area contributed by atoms with Crippen LogP contribution in [-0.2, 0) is 0 Å². The van der Waals surface area contributed by atoms with Gasteiger partial charge in [0.25, 0.3) is 0 Å². The first kappa shape index (κ1) is 12.8. The molecule has 8 heteroatoms. The van der Waals surface area contributed by atoms with E-state index in [4.69, 9.17) is 5.11 Å². The number of carbonyl (C=O) groups is 1. The van der Waals surface area contributed by atoms with Gasteiger partial charge in [-0.15, -0.1) is 0 Å². The number of hydrogen-bond donors (Lipinski definition) is 1. The number of carboxylic acid groups (broad SMARTS) is 1. The molecule has 1 rings (SSSR count). The lowest BCUT2D eigenvalue weighted by molar-refractivity contribution is -0.386. The lowest BCUT2D eigenvalue weighted by Gasteiger charge is -2.10. The number of benzene rings is 1. The summed E-state index contributed by atoms with van der Waals surface area (Å²) < 4.78 is 28.2. The van der Waals surface area contributed by atoms with Crippen molar-refractivity contribution in [1.82, 2.24) is 0 Å². The topological polar surface area (TPSA) is 89.7 Å². The van der Waals surface area contributed by atoms with Crippen LogP contribution >= 0.6 is 0 Å². The summed E-state index contributed by atoms with van der Waals surface area (Å²) in [5.74, 6) is -2.11. The van der Waals surface area contributed by atoms with Crippen LogP contribution in [0.25, 0.3) is 0 Å². The fourth-order valence-corrected chi connectivity index (χ4v) is 1.29. The second-order valence-corrected chi connectivity index (χ2v) is 3.03. The van der Waals surface area contributed by atoms with Crippen LogP contribution in [0.5, 0.6) is 5.75 Å². The van der Waals surface area contributed by atoms with Crippen LogP contribution in [0.4, 0.5) is 14.5 Å². The molecule has 0 aliphatic heterocycles. The van der Waals surface area contributed by atoms with Crippen molar-refractivity contribution < 1.29 is 28.3 Å². The maximum atomic E-state index is 12.1. The second kappa shape index (κ2) is 4.73. The van der Waals surface area contributed by atoms with Crippen LogP contribution < -0.4 is 4.74 Å². The number of aromatic carboxylic acids is 1. The molecule has 0 atom stereocenters. The molecule has 0 saturated heterocycles. The molecule has 0 fully saturated rings. The molecule has 0 spiro atoms. The highest BCUT2D eigenvalue weighted by Crippen LogP contribution is 2.34. The van der Waals surface area contributed by atoms with Crippen LogP contribution in [0.3, 0.4) is 0 Å². The molecule has 0 bridgehead atoms. The van der Waals surface area contributed by atoms with Crippen LogP contribution in [0.2, 0.25) is 0 Å². The van der Waals surface area contributed by atoms with Crippen molar-refractivity contribution >= 4 is 11.7 Å². The van der Waals surface area contributed by atoms with Crippen molar-refractivity contribution in [2.75, 3.05) is 0 Å². The molecule has 0 radical (unpaired) electrons. The summed E-state index contributed by atoms with van der Waals surface area (Å²) in [6.45, 7) is -2.11. The van der Waals surface area contributed by atoms with Gasteiger partial charge in [-0.2, -0.15) is 8.78 Å². The quantitative estimate of drug-likeness (QED) is 0.650. The van der Waals surface area contributed by atoms with Crippen LogP contribution in [-0.4, -0.2) is 22.6 Å². The van der Waals surface area contributed by atoms with E-state index in [0.717, 1.165) is 19.1 Å². The smallest absolute Gasteiger partial charge is 0.387 e. The Morgan fingerprint density at radius 1 is 1.53 bits per heavy atom. The summed E-state index contributed by atoms with van der Waals surface area (Å²) in [5.41, 5.74) is -1.24. The summed E-state index contributed by atoms with van der Waals surface area (Å²) in [5, 5.41) is 19.3. The third kappa shape index (κ3) is 2.65. The summed E-state index contributed by atoms with van der Waals surface area (Å²) in [4.78, 5) is 20.4. The fourth-order valence-electron chi connectivity index (χ4n) is 1.29. The molecule has 92 valence electrons. The Kier molecular flexibility index (Phi) is 3.56. The molecule has 6 nitrogen and oxygen atoms in total. The number of ether oxygens (including phenoxy) is 1. The number of nitrogens with zero attached hydrogens (tertiary/aromatic N) is 1. The van der Waals surface area contributed by atoms with Crippen molar-refractivity contribution in [2.24, 2.45) is 0 Å². The van der Waals surface area contributed by atoms with Gasteiger partial charge in [0.15, 0.2) is 0 Å². The highest BCUT2D eigenvalue weighted by atomic mass is 19.3. The van der Waals surface area contributed by atoms with Gasteiger partial charge >= 0.3 is 18.3 Å². The van der Waals surface area contributed by atoms with Gasteiger partial charge in [-0.3, -0.25) is 10.1 Å². The van der Waals surface area contributed by atoms with Gasteiger partial charge in [-0.05, 0) is 13.0 Å². The lowest BCUT2D eigenvalue weighted by atomic mass is 10.1. The first-order chi connectivity index (χ1) is 7.84. The standard InChI is InChI=1S/C9H7F2NO5/c1-4-5(8(13)14)2-3-6(12(15)16)7(4)17-9(10)11/h2-3,9H,1H3,(H,13,14). The van der Waals surface area contributed by atoms with E-state index >= 15 is 0 Å². The molecule has 0 saturated carbocycles. The highest BCUT2D eigenvalue weighted by molar-refractivity contribution is 5.91. The number of halogens is 2. The molecule has 1 aromatic carbocycles. The zero-order valence-electron chi connectivity index (χ0n) is 8.52.